The third-order valence-corrected chi connectivity index (χ3v) is 3.74. The Morgan fingerprint density at radius 1 is 1.15 bits per heavy atom. The van der Waals surface area contributed by atoms with Crippen LogP contribution < -0.4 is 10.2 Å². The average Bonchev–Trinajstić information content (AvgIpc) is 2.42. The zero-order valence-corrected chi connectivity index (χ0v) is 13.6. The van der Waals surface area contributed by atoms with Gasteiger partial charge in [0.1, 0.15) is 5.82 Å². The van der Waals surface area contributed by atoms with Crippen LogP contribution in [0.4, 0.5) is 17.5 Å². The fraction of sp³-hybridized carbons (Fsp3) is 0.333. The van der Waals surface area contributed by atoms with Gasteiger partial charge in [0.25, 0.3) is 0 Å². The molecular weight excluding hydrogens is 316 g/mol. The number of benzene rings is 1. The van der Waals surface area contributed by atoms with Crippen LogP contribution >= 0.6 is 15.9 Å². The number of nitrogens with one attached hydrogen (secondary N) is 1. The van der Waals surface area contributed by atoms with E-state index >= 15 is 0 Å². The summed E-state index contributed by atoms with van der Waals surface area (Å²) in [5.74, 6) is 1.58. The second kappa shape index (κ2) is 6.70. The molecule has 2 rings (SSSR count). The van der Waals surface area contributed by atoms with Gasteiger partial charge in [0.2, 0.25) is 5.95 Å². The molecule has 1 aromatic carbocycles. The molecule has 0 aliphatic carbocycles. The molecule has 106 valence electrons. The van der Waals surface area contributed by atoms with Gasteiger partial charge in [-0.3, -0.25) is 0 Å². The minimum atomic E-state index is 0.624. The van der Waals surface area contributed by atoms with Crippen LogP contribution in [-0.2, 0) is 0 Å². The van der Waals surface area contributed by atoms with Gasteiger partial charge in [0.15, 0.2) is 0 Å². The lowest BCUT2D eigenvalue weighted by molar-refractivity contribution is 0.840. The molecule has 0 unspecified atom stereocenters. The lowest BCUT2D eigenvalue weighted by Gasteiger charge is -2.20. The summed E-state index contributed by atoms with van der Waals surface area (Å²) in [7, 11) is 0. The normalized spacial score (nSPS) is 10.4. The predicted octanol–water partition coefficient (Wildman–Crippen LogP) is 4.14. The van der Waals surface area contributed by atoms with Gasteiger partial charge in [-0.25, -0.2) is 4.98 Å². The summed E-state index contributed by atoms with van der Waals surface area (Å²) < 4.78 is 0.995. The van der Waals surface area contributed by atoms with Gasteiger partial charge in [-0.15, -0.1) is 0 Å². The highest BCUT2D eigenvalue weighted by Gasteiger charge is 2.08. The van der Waals surface area contributed by atoms with E-state index in [1.807, 2.05) is 37.3 Å². The maximum atomic E-state index is 4.59. The maximum Gasteiger partial charge on any atom is 0.229 e. The van der Waals surface area contributed by atoms with Crippen molar-refractivity contribution in [1.29, 1.82) is 0 Å². The van der Waals surface area contributed by atoms with Gasteiger partial charge < -0.3 is 10.2 Å². The largest absolute Gasteiger partial charge is 0.357 e. The topological polar surface area (TPSA) is 41.1 Å². The van der Waals surface area contributed by atoms with Crippen LogP contribution in [0.1, 0.15) is 19.5 Å². The molecule has 20 heavy (non-hydrogen) atoms. The Bertz CT molecular complexity index is 582. The van der Waals surface area contributed by atoms with Gasteiger partial charge in [-0.2, -0.15) is 4.98 Å². The molecule has 0 bridgehead atoms. The van der Waals surface area contributed by atoms with Crippen molar-refractivity contribution in [3.8, 4) is 0 Å². The molecule has 1 N–H and O–H groups in total. The highest BCUT2D eigenvalue weighted by atomic mass is 79.9. The van der Waals surface area contributed by atoms with Crippen LogP contribution in [0.2, 0.25) is 0 Å². The first kappa shape index (κ1) is 14.8. The van der Waals surface area contributed by atoms with E-state index in [2.05, 4.69) is 50.0 Å². The first-order valence-electron chi connectivity index (χ1n) is 6.76. The Hall–Kier alpha value is -1.62. The summed E-state index contributed by atoms with van der Waals surface area (Å²) in [5, 5.41) is 3.26. The highest BCUT2D eigenvalue weighted by Crippen LogP contribution is 2.25. The molecule has 0 atom stereocenters. The summed E-state index contributed by atoms with van der Waals surface area (Å²) in [4.78, 5) is 11.3. The fourth-order valence-corrected chi connectivity index (χ4v) is 2.38. The average molecular weight is 335 g/mol. The van der Waals surface area contributed by atoms with Crippen LogP contribution in [0.5, 0.6) is 0 Å². The first-order chi connectivity index (χ1) is 9.63. The van der Waals surface area contributed by atoms with E-state index in [1.54, 1.807) is 0 Å². The Labute approximate surface area is 128 Å². The molecule has 0 spiro atoms. The molecule has 0 saturated carbocycles. The number of hydrogen-bond acceptors (Lipinski definition) is 4. The lowest BCUT2D eigenvalue weighted by Crippen LogP contribution is -2.23. The molecule has 0 amide bonds. The van der Waals surface area contributed by atoms with Crippen molar-refractivity contribution < 1.29 is 0 Å². The predicted molar refractivity (Wildman–Crippen MR) is 87.8 cm³/mol. The molecule has 0 fully saturated rings. The van der Waals surface area contributed by atoms with Crippen LogP contribution in [-0.4, -0.2) is 23.1 Å². The van der Waals surface area contributed by atoms with Gasteiger partial charge in [-0.05, 0) is 48.8 Å². The van der Waals surface area contributed by atoms with Crippen LogP contribution in [0.25, 0.3) is 0 Å². The maximum absolute atomic E-state index is 4.59. The van der Waals surface area contributed by atoms with Crippen molar-refractivity contribution >= 4 is 33.4 Å². The third kappa shape index (κ3) is 3.48. The molecule has 0 aliphatic heterocycles. The number of anilines is 3. The Morgan fingerprint density at radius 2 is 1.85 bits per heavy atom. The fourth-order valence-electron chi connectivity index (χ4n) is 2.00. The smallest absolute Gasteiger partial charge is 0.229 e. The summed E-state index contributed by atoms with van der Waals surface area (Å²) >= 11 is 3.52. The number of nitrogens with zero attached hydrogens (tertiary/aromatic N) is 3. The van der Waals surface area contributed by atoms with Crippen molar-refractivity contribution in [2.45, 2.75) is 20.8 Å². The highest BCUT2D eigenvalue weighted by molar-refractivity contribution is 9.10. The Morgan fingerprint density at radius 3 is 2.50 bits per heavy atom. The van der Waals surface area contributed by atoms with E-state index in [-0.39, 0.29) is 0 Å². The van der Waals surface area contributed by atoms with Crippen molar-refractivity contribution in [2.75, 3.05) is 23.3 Å². The molecule has 4 nitrogen and oxygen atoms in total. The van der Waals surface area contributed by atoms with E-state index in [4.69, 9.17) is 0 Å². The first-order valence-corrected chi connectivity index (χ1v) is 7.55. The minimum Gasteiger partial charge on any atom is -0.357 e. The van der Waals surface area contributed by atoms with Crippen molar-refractivity contribution in [3.63, 3.8) is 0 Å². The van der Waals surface area contributed by atoms with E-state index in [9.17, 15) is 0 Å². The molecule has 5 heteroatoms. The molecule has 0 radical (unpaired) electrons. The molecule has 2 aromatic rings. The summed E-state index contributed by atoms with van der Waals surface area (Å²) in [5.41, 5.74) is 1.92. The van der Waals surface area contributed by atoms with E-state index < -0.39 is 0 Å². The number of para-hydroxylation sites is 1. The van der Waals surface area contributed by atoms with E-state index in [0.29, 0.717) is 5.95 Å². The van der Waals surface area contributed by atoms with E-state index in [0.717, 1.165) is 34.8 Å². The van der Waals surface area contributed by atoms with Crippen LogP contribution in [0, 0.1) is 6.92 Å². The van der Waals surface area contributed by atoms with Crippen molar-refractivity contribution in [2.24, 2.45) is 0 Å². The summed E-state index contributed by atoms with van der Waals surface area (Å²) in [6, 6.07) is 9.95. The number of aromatic nitrogens is 2. The quantitative estimate of drug-likeness (QED) is 0.892. The molecule has 1 heterocycles. The summed E-state index contributed by atoms with van der Waals surface area (Å²) in [6.45, 7) is 8.10. The SMILES string of the molecule is CCN(CC)c1cc(C)nc(Nc2ccccc2Br)n1. The van der Waals surface area contributed by atoms with Crippen LogP contribution in [0.15, 0.2) is 34.8 Å². The van der Waals surface area contributed by atoms with Crippen LogP contribution in [0.3, 0.4) is 0 Å². The summed E-state index contributed by atoms with van der Waals surface area (Å²) in [6.07, 6.45) is 0. The lowest BCUT2D eigenvalue weighted by atomic mass is 10.3. The monoisotopic (exact) mass is 334 g/mol. The van der Waals surface area contributed by atoms with Gasteiger partial charge >= 0.3 is 0 Å². The number of hydrogen-bond donors (Lipinski definition) is 1. The molecule has 0 aliphatic rings. The van der Waals surface area contributed by atoms with Gasteiger partial charge in [-0.1, -0.05) is 12.1 Å². The van der Waals surface area contributed by atoms with Gasteiger partial charge in [0.05, 0.1) is 5.69 Å². The zero-order chi connectivity index (χ0) is 14.5. The van der Waals surface area contributed by atoms with Gasteiger partial charge in [0, 0.05) is 29.3 Å². The molecule has 0 saturated heterocycles. The Balaban J connectivity index is 2.31. The second-order valence-electron chi connectivity index (χ2n) is 4.47. The minimum absolute atomic E-state index is 0.624. The number of rotatable bonds is 5. The zero-order valence-electron chi connectivity index (χ0n) is 12.0. The van der Waals surface area contributed by atoms with Crippen molar-refractivity contribution in [1.82, 2.24) is 9.97 Å². The van der Waals surface area contributed by atoms with E-state index in [1.165, 1.54) is 0 Å². The Kier molecular flexibility index (Phi) is 4.95. The second-order valence-corrected chi connectivity index (χ2v) is 5.32. The third-order valence-electron chi connectivity index (χ3n) is 3.05. The molecular formula is C15H19BrN4. The number of aryl methyl sites for hydroxylation is 1. The standard InChI is InChI=1S/C15H19BrN4/c1-4-20(5-2)14-10-11(3)17-15(19-14)18-13-9-7-6-8-12(13)16/h6-10H,4-5H2,1-3H3,(H,17,18,19). The molecule has 1 aromatic heterocycles. The number of halogens is 1. The van der Waals surface area contributed by atoms with Crippen molar-refractivity contribution in [3.05, 3.63) is 40.5 Å².